The largest absolute Gasteiger partial charge is 0.493 e. The summed E-state index contributed by atoms with van der Waals surface area (Å²) >= 11 is 0.941. The van der Waals surface area contributed by atoms with E-state index in [2.05, 4.69) is 20.6 Å². The van der Waals surface area contributed by atoms with Crippen LogP contribution < -0.4 is 20.1 Å². The van der Waals surface area contributed by atoms with E-state index in [4.69, 9.17) is 9.47 Å². The molecular weight excluding hydrogens is 496 g/mol. The van der Waals surface area contributed by atoms with Crippen molar-refractivity contribution in [1.82, 2.24) is 15.6 Å². The van der Waals surface area contributed by atoms with Gasteiger partial charge in [0.25, 0.3) is 0 Å². The van der Waals surface area contributed by atoms with E-state index < -0.39 is 11.9 Å². The number of ether oxygens (including phenoxy) is 2. The summed E-state index contributed by atoms with van der Waals surface area (Å²) in [4.78, 5) is 7.62. The Labute approximate surface area is 176 Å². The second-order valence-electron chi connectivity index (χ2n) is 5.06. The zero-order valence-electron chi connectivity index (χ0n) is 14.9. The molecule has 11 heteroatoms. The molecule has 2 rings (SSSR count). The molecule has 0 aliphatic heterocycles. The number of rotatable bonds is 6. The van der Waals surface area contributed by atoms with Gasteiger partial charge in [0.05, 0.1) is 20.8 Å². The topological polar surface area (TPSA) is 67.8 Å². The Kier molecular flexibility index (Phi) is 9.09. The van der Waals surface area contributed by atoms with Crippen molar-refractivity contribution in [2.75, 3.05) is 21.3 Å². The van der Waals surface area contributed by atoms with Crippen molar-refractivity contribution in [1.29, 1.82) is 0 Å². The van der Waals surface area contributed by atoms with Crippen LogP contribution in [0.4, 0.5) is 13.2 Å². The van der Waals surface area contributed by atoms with Crippen molar-refractivity contribution in [3.63, 3.8) is 0 Å². The minimum atomic E-state index is -4.43. The highest BCUT2D eigenvalue weighted by atomic mass is 127. The summed E-state index contributed by atoms with van der Waals surface area (Å²) in [6.45, 7) is 0.529. The number of methoxy groups -OCH3 is 2. The monoisotopic (exact) mass is 516 g/mol. The van der Waals surface area contributed by atoms with Gasteiger partial charge in [-0.15, -0.1) is 35.3 Å². The molecule has 0 amide bonds. The number of thiazole rings is 1. The first-order chi connectivity index (χ1) is 12.4. The lowest BCUT2D eigenvalue weighted by molar-refractivity contribution is -0.140. The molecule has 0 radical (unpaired) electrons. The third-order valence-corrected chi connectivity index (χ3v) is 4.25. The number of benzene rings is 1. The lowest BCUT2D eigenvalue weighted by atomic mass is 10.2. The van der Waals surface area contributed by atoms with Gasteiger partial charge in [-0.3, -0.25) is 4.99 Å². The fraction of sp³-hybridized carbons (Fsp3) is 0.375. The molecule has 150 valence electrons. The molecule has 1 aromatic heterocycles. The summed E-state index contributed by atoms with van der Waals surface area (Å²) in [7, 11) is 4.68. The standard InChI is InChI=1S/C16H19F3N4O2S.HI/c1-20-15(22-8-13-23-12(9-26-13)16(17,18)19)21-7-10-5-4-6-11(24-2)14(10)25-3;/h4-6,9H,7-8H2,1-3H3,(H2,20,21,22);1H. The summed E-state index contributed by atoms with van der Waals surface area (Å²) in [5.41, 5.74) is -0.0354. The number of para-hydroxylation sites is 1. The molecule has 0 aliphatic rings. The van der Waals surface area contributed by atoms with E-state index in [1.165, 1.54) is 0 Å². The number of aromatic nitrogens is 1. The molecule has 2 N–H and O–H groups in total. The smallest absolute Gasteiger partial charge is 0.434 e. The molecule has 0 unspecified atom stereocenters. The molecule has 2 aromatic rings. The summed E-state index contributed by atoms with van der Waals surface area (Å²) in [5.74, 6) is 1.64. The maximum absolute atomic E-state index is 12.6. The van der Waals surface area contributed by atoms with Gasteiger partial charge < -0.3 is 20.1 Å². The van der Waals surface area contributed by atoms with Crippen LogP contribution >= 0.6 is 35.3 Å². The summed E-state index contributed by atoms with van der Waals surface area (Å²) < 4.78 is 48.3. The second kappa shape index (κ2) is 10.5. The fourth-order valence-corrected chi connectivity index (χ4v) is 2.91. The molecule has 1 heterocycles. The Morgan fingerprint density at radius 3 is 2.44 bits per heavy atom. The Hall–Kier alpha value is -1.76. The summed E-state index contributed by atoms with van der Waals surface area (Å²) in [6.07, 6.45) is -4.43. The molecule has 0 aliphatic carbocycles. The summed E-state index contributed by atoms with van der Waals surface area (Å²) in [5, 5.41) is 7.32. The van der Waals surface area contributed by atoms with Crippen LogP contribution in [0.15, 0.2) is 28.6 Å². The number of hydrogen-bond donors (Lipinski definition) is 2. The molecule has 1 aromatic carbocycles. The predicted molar refractivity (Wildman–Crippen MR) is 109 cm³/mol. The molecule has 0 saturated heterocycles. The van der Waals surface area contributed by atoms with Crippen molar-refractivity contribution in [2.45, 2.75) is 19.3 Å². The van der Waals surface area contributed by atoms with Gasteiger partial charge in [0.15, 0.2) is 23.2 Å². The van der Waals surface area contributed by atoms with Gasteiger partial charge in [-0.25, -0.2) is 4.98 Å². The zero-order valence-corrected chi connectivity index (χ0v) is 18.0. The highest BCUT2D eigenvalue weighted by Gasteiger charge is 2.33. The third kappa shape index (κ3) is 6.41. The average Bonchev–Trinajstić information content (AvgIpc) is 3.10. The minimum absolute atomic E-state index is 0. The van der Waals surface area contributed by atoms with Gasteiger partial charge in [0.2, 0.25) is 0 Å². The van der Waals surface area contributed by atoms with E-state index >= 15 is 0 Å². The van der Waals surface area contributed by atoms with Crippen LogP contribution in [0.1, 0.15) is 16.3 Å². The molecule has 0 atom stereocenters. The van der Waals surface area contributed by atoms with E-state index in [-0.39, 0.29) is 30.5 Å². The van der Waals surface area contributed by atoms with Crippen molar-refractivity contribution in [3.05, 3.63) is 39.8 Å². The van der Waals surface area contributed by atoms with Crippen molar-refractivity contribution in [2.24, 2.45) is 4.99 Å². The number of hydrogen-bond acceptors (Lipinski definition) is 5. The number of aliphatic imine (C=N–C) groups is 1. The van der Waals surface area contributed by atoms with Gasteiger partial charge >= 0.3 is 6.18 Å². The van der Waals surface area contributed by atoms with Crippen LogP contribution in [0.25, 0.3) is 0 Å². The molecular formula is C16H20F3IN4O2S. The number of nitrogens with zero attached hydrogens (tertiary/aromatic N) is 2. The lowest BCUT2D eigenvalue weighted by Crippen LogP contribution is -2.36. The van der Waals surface area contributed by atoms with Gasteiger partial charge in [0, 0.05) is 24.5 Å². The fourth-order valence-electron chi connectivity index (χ4n) is 2.17. The molecule has 0 spiro atoms. The van der Waals surface area contributed by atoms with Crippen LogP contribution in [0.5, 0.6) is 11.5 Å². The van der Waals surface area contributed by atoms with Gasteiger partial charge in [-0.2, -0.15) is 13.2 Å². The van der Waals surface area contributed by atoms with E-state index in [1.807, 2.05) is 12.1 Å². The van der Waals surface area contributed by atoms with Crippen LogP contribution in [0.2, 0.25) is 0 Å². The van der Waals surface area contributed by atoms with Gasteiger partial charge in [-0.1, -0.05) is 12.1 Å². The van der Waals surface area contributed by atoms with E-state index in [0.29, 0.717) is 29.0 Å². The Balaban J connectivity index is 0.00000364. The van der Waals surface area contributed by atoms with E-state index in [1.54, 1.807) is 27.3 Å². The van der Waals surface area contributed by atoms with E-state index in [0.717, 1.165) is 22.3 Å². The average molecular weight is 516 g/mol. The van der Waals surface area contributed by atoms with Crippen molar-refractivity contribution in [3.8, 4) is 11.5 Å². The number of halogens is 4. The highest BCUT2D eigenvalue weighted by Crippen LogP contribution is 2.31. The maximum Gasteiger partial charge on any atom is 0.434 e. The van der Waals surface area contributed by atoms with Crippen LogP contribution in [0.3, 0.4) is 0 Å². The highest BCUT2D eigenvalue weighted by molar-refractivity contribution is 14.0. The molecule has 0 bridgehead atoms. The Morgan fingerprint density at radius 1 is 1.19 bits per heavy atom. The molecule has 0 fully saturated rings. The predicted octanol–water partition coefficient (Wildman–Crippen LogP) is 3.66. The first kappa shape index (κ1) is 23.3. The molecule has 27 heavy (non-hydrogen) atoms. The quantitative estimate of drug-likeness (QED) is 0.349. The maximum atomic E-state index is 12.6. The SMILES string of the molecule is CN=C(NCc1nc(C(F)(F)F)cs1)NCc1cccc(OC)c1OC.I. The first-order valence-electron chi connectivity index (χ1n) is 7.55. The van der Waals surface area contributed by atoms with E-state index in [9.17, 15) is 13.2 Å². The lowest BCUT2D eigenvalue weighted by Gasteiger charge is -2.15. The van der Waals surface area contributed by atoms with Crippen molar-refractivity contribution >= 4 is 41.3 Å². The Morgan fingerprint density at radius 2 is 1.89 bits per heavy atom. The van der Waals surface area contributed by atoms with Crippen LogP contribution in [-0.4, -0.2) is 32.2 Å². The molecule has 6 nitrogen and oxygen atoms in total. The first-order valence-corrected chi connectivity index (χ1v) is 8.43. The normalized spacial score (nSPS) is 11.6. The zero-order chi connectivity index (χ0) is 19.2. The second-order valence-corrected chi connectivity index (χ2v) is 6.00. The Bertz CT molecular complexity index is 768. The number of alkyl halides is 3. The summed E-state index contributed by atoms with van der Waals surface area (Å²) in [6, 6.07) is 5.50. The third-order valence-electron chi connectivity index (χ3n) is 3.40. The minimum Gasteiger partial charge on any atom is -0.493 e. The number of guanidine groups is 1. The molecule has 0 saturated carbocycles. The number of nitrogens with one attached hydrogen (secondary N) is 2. The van der Waals surface area contributed by atoms with Crippen molar-refractivity contribution < 1.29 is 22.6 Å². The van der Waals surface area contributed by atoms with Gasteiger partial charge in [0.1, 0.15) is 5.01 Å². The van der Waals surface area contributed by atoms with Crippen LogP contribution in [0, 0.1) is 0 Å². The van der Waals surface area contributed by atoms with Gasteiger partial charge in [-0.05, 0) is 6.07 Å². The van der Waals surface area contributed by atoms with Crippen LogP contribution in [-0.2, 0) is 19.3 Å².